The molecule has 0 aliphatic heterocycles. The van der Waals surface area contributed by atoms with E-state index in [4.69, 9.17) is 5.11 Å². The Morgan fingerprint density at radius 2 is 2.05 bits per heavy atom. The van der Waals surface area contributed by atoms with Crippen LogP contribution in [0.25, 0.3) is 11.5 Å². The third kappa shape index (κ3) is 2.49. The van der Waals surface area contributed by atoms with E-state index in [-0.39, 0.29) is 11.5 Å². The van der Waals surface area contributed by atoms with Crippen molar-refractivity contribution in [1.82, 2.24) is 15.0 Å². The minimum atomic E-state index is -0.975. The lowest BCUT2D eigenvalue weighted by Gasteiger charge is -2.06. The first-order chi connectivity index (χ1) is 9.15. The number of carbonyl (C=O) groups is 1. The number of hydrogen-bond acceptors (Lipinski definition) is 4. The zero-order chi connectivity index (χ0) is 13.4. The summed E-state index contributed by atoms with van der Waals surface area (Å²) >= 11 is 3.32. The van der Waals surface area contributed by atoms with E-state index >= 15 is 0 Å². The van der Waals surface area contributed by atoms with Crippen molar-refractivity contribution >= 4 is 21.9 Å². The molecular formula is C13H10BrN3O2. The predicted molar refractivity (Wildman–Crippen MR) is 71.9 cm³/mol. The van der Waals surface area contributed by atoms with Crippen LogP contribution in [0.4, 0.5) is 0 Å². The molecule has 0 spiro atoms. The topological polar surface area (TPSA) is 76.0 Å². The minimum absolute atomic E-state index is 0.198. The lowest BCUT2D eigenvalue weighted by atomic mass is 10.1. The maximum Gasteiger partial charge on any atom is 0.339 e. The monoisotopic (exact) mass is 319 g/mol. The summed E-state index contributed by atoms with van der Waals surface area (Å²) in [5.74, 6) is -0.250. The van der Waals surface area contributed by atoms with Crippen LogP contribution in [0.1, 0.15) is 34.8 Å². The van der Waals surface area contributed by atoms with Crippen molar-refractivity contribution in [2.24, 2.45) is 0 Å². The first-order valence-electron chi connectivity index (χ1n) is 5.87. The van der Waals surface area contributed by atoms with Crippen molar-refractivity contribution in [2.75, 3.05) is 0 Å². The Kier molecular flexibility index (Phi) is 3.02. The van der Waals surface area contributed by atoms with E-state index in [2.05, 4.69) is 30.9 Å². The van der Waals surface area contributed by atoms with Crippen LogP contribution in [0.15, 0.2) is 29.0 Å². The van der Waals surface area contributed by atoms with Gasteiger partial charge in [-0.1, -0.05) is 0 Å². The second-order valence-corrected chi connectivity index (χ2v) is 5.35. The van der Waals surface area contributed by atoms with Crippen molar-refractivity contribution in [2.45, 2.75) is 18.8 Å². The summed E-state index contributed by atoms with van der Waals surface area (Å²) in [6.45, 7) is 0. The van der Waals surface area contributed by atoms with Gasteiger partial charge in [0.15, 0.2) is 5.82 Å². The molecule has 0 radical (unpaired) electrons. The fourth-order valence-corrected chi connectivity index (χ4v) is 2.09. The standard InChI is InChI=1S/C13H10BrN3O2/c14-8-3-4-10(15-5-8)12-16-6-9(13(18)19)11(17-12)7-1-2-7/h3-7H,1-2H2,(H,18,19). The summed E-state index contributed by atoms with van der Waals surface area (Å²) in [7, 11) is 0. The van der Waals surface area contributed by atoms with Gasteiger partial charge in [0.05, 0.1) is 11.3 Å². The minimum Gasteiger partial charge on any atom is -0.478 e. The molecule has 0 amide bonds. The van der Waals surface area contributed by atoms with Crippen LogP contribution in [0.5, 0.6) is 0 Å². The van der Waals surface area contributed by atoms with Crippen LogP contribution in [0.3, 0.4) is 0 Å². The highest BCUT2D eigenvalue weighted by Gasteiger charge is 2.30. The number of rotatable bonds is 3. The Hall–Kier alpha value is -1.82. The van der Waals surface area contributed by atoms with Gasteiger partial charge in [-0.15, -0.1) is 0 Å². The highest BCUT2D eigenvalue weighted by Crippen LogP contribution is 2.40. The molecule has 2 heterocycles. The SMILES string of the molecule is O=C(O)c1cnc(-c2ccc(Br)cn2)nc1C1CC1. The van der Waals surface area contributed by atoms with Gasteiger partial charge >= 0.3 is 5.97 Å². The van der Waals surface area contributed by atoms with Gasteiger partial charge in [-0.2, -0.15) is 0 Å². The lowest BCUT2D eigenvalue weighted by Crippen LogP contribution is -2.07. The number of halogens is 1. The van der Waals surface area contributed by atoms with Gasteiger partial charge < -0.3 is 5.11 Å². The number of carboxylic acid groups (broad SMARTS) is 1. The summed E-state index contributed by atoms with van der Waals surface area (Å²) in [4.78, 5) is 23.9. The highest BCUT2D eigenvalue weighted by molar-refractivity contribution is 9.10. The second kappa shape index (κ2) is 4.70. The maximum atomic E-state index is 11.1. The Morgan fingerprint density at radius 3 is 2.63 bits per heavy atom. The van der Waals surface area contributed by atoms with Crippen molar-refractivity contribution in [3.8, 4) is 11.5 Å². The molecule has 2 aromatic heterocycles. The van der Waals surface area contributed by atoms with Crippen molar-refractivity contribution in [1.29, 1.82) is 0 Å². The zero-order valence-corrected chi connectivity index (χ0v) is 11.5. The molecule has 1 aliphatic carbocycles. The number of carboxylic acids is 1. The number of aromatic carboxylic acids is 1. The van der Waals surface area contributed by atoms with Crippen LogP contribution in [0, 0.1) is 0 Å². The summed E-state index contributed by atoms with van der Waals surface area (Å²) in [5, 5.41) is 9.14. The lowest BCUT2D eigenvalue weighted by molar-refractivity contribution is 0.0694. The third-order valence-electron chi connectivity index (χ3n) is 2.97. The molecule has 1 N–H and O–H groups in total. The summed E-state index contributed by atoms with van der Waals surface area (Å²) in [5.41, 5.74) is 1.47. The molecule has 3 rings (SSSR count). The van der Waals surface area contributed by atoms with Crippen molar-refractivity contribution in [3.63, 3.8) is 0 Å². The molecule has 1 aliphatic rings. The van der Waals surface area contributed by atoms with Crippen molar-refractivity contribution in [3.05, 3.63) is 40.3 Å². The molecule has 0 unspecified atom stereocenters. The second-order valence-electron chi connectivity index (χ2n) is 4.43. The molecule has 0 bridgehead atoms. The summed E-state index contributed by atoms with van der Waals surface area (Å²) in [6, 6.07) is 3.66. The van der Waals surface area contributed by atoms with E-state index in [0.717, 1.165) is 17.3 Å². The van der Waals surface area contributed by atoms with Crippen LogP contribution < -0.4 is 0 Å². The Balaban J connectivity index is 2.05. The molecule has 0 aromatic carbocycles. The summed E-state index contributed by atoms with van der Waals surface area (Å²) in [6.07, 6.45) is 5.03. The molecule has 96 valence electrons. The number of hydrogen-bond donors (Lipinski definition) is 1. The van der Waals surface area contributed by atoms with Crippen LogP contribution in [-0.4, -0.2) is 26.0 Å². The number of nitrogens with zero attached hydrogens (tertiary/aromatic N) is 3. The molecule has 1 fully saturated rings. The van der Waals surface area contributed by atoms with E-state index in [1.807, 2.05) is 6.07 Å². The van der Waals surface area contributed by atoms with Gasteiger partial charge in [0.25, 0.3) is 0 Å². The van der Waals surface area contributed by atoms with Crippen molar-refractivity contribution < 1.29 is 9.90 Å². The van der Waals surface area contributed by atoms with Crippen LogP contribution in [0.2, 0.25) is 0 Å². The molecule has 1 saturated carbocycles. The average Bonchev–Trinajstić information content (AvgIpc) is 3.23. The summed E-state index contributed by atoms with van der Waals surface area (Å²) < 4.78 is 0.876. The Morgan fingerprint density at radius 1 is 1.26 bits per heavy atom. The Labute approximate surface area is 117 Å². The van der Waals surface area contributed by atoms with E-state index in [9.17, 15) is 4.79 Å². The molecule has 5 nitrogen and oxygen atoms in total. The fourth-order valence-electron chi connectivity index (χ4n) is 1.86. The van der Waals surface area contributed by atoms with Gasteiger partial charge in [0.2, 0.25) is 0 Å². The van der Waals surface area contributed by atoms with E-state index in [1.165, 1.54) is 6.20 Å². The first-order valence-corrected chi connectivity index (χ1v) is 6.66. The van der Waals surface area contributed by atoms with Gasteiger partial charge in [-0.3, -0.25) is 4.98 Å². The van der Waals surface area contributed by atoms with Crippen LogP contribution in [-0.2, 0) is 0 Å². The molecule has 0 atom stereocenters. The van der Waals surface area contributed by atoms with Gasteiger partial charge in [-0.25, -0.2) is 14.8 Å². The van der Waals surface area contributed by atoms with Crippen LogP contribution >= 0.6 is 15.9 Å². The molecule has 6 heteroatoms. The Bertz CT molecular complexity index is 639. The van der Waals surface area contributed by atoms with Gasteiger partial charge in [0, 0.05) is 22.8 Å². The maximum absolute atomic E-state index is 11.1. The largest absolute Gasteiger partial charge is 0.478 e. The highest BCUT2D eigenvalue weighted by atomic mass is 79.9. The fraction of sp³-hybridized carbons (Fsp3) is 0.231. The normalized spacial score (nSPS) is 14.4. The molecule has 0 saturated heterocycles. The van der Waals surface area contributed by atoms with Gasteiger partial charge in [-0.05, 0) is 40.9 Å². The van der Waals surface area contributed by atoms with E-state index in [0.29, 0.717) is 17.2 Å². The predicted octanol–water partition coefficient (Wildman–Crippen LogP) is 2.88. The quantitative estimate of drug-likeness (QED) is 0.941. The number of pyridine rings is 1. The van der Waals surface area contributed by atoms with E-state index < -0.39 is 5.97 Å². The zero-order valence-electron chi connectivity index (χ0n) is 9.88. The van der Waals surface area contributed by atoms with E-state index in [1.54, 1.807) is 12.3 Å². The third-order valence-corrected chi connectivity index (χ3v) is 3.44. The first kappa shape index (κ1) is 12.2. The molecule has 19 heavy (non-hydrogen) atoms. The molecular weight excluding hydrogens is 310 g/mol. The number of aromatic nitrogens is 3. The average molecular weight is 320 g/mol. The van der Waals surface area contributed by atoms with Gasteiger partial charge in [0.1, 0.15) is 5.69 Å². The molecule has 2 aromatic rings. The smallest absolute Gasteiger partial charge is 0.339 e.